The van der Waals surface area contributed by atoms with Crippen molar-refractivity contribution in [2.45, 2.75) is 11.8 Å². The highest BCUT2D eigenvalue weighted by Crippen LogP contribution is 2.49. The van der Waals surface area contributed by atoms with Gasteiger partial charge in [0.15, 0.2) is 5.49 Å². The van der Waals surface area contributed by atoms with Crippen LogP contribution in [0.15, 0.2) is 92.8 Å². The number of hydrogen-bond donors (Lipinski definition) is 2. The van der Waals surface area contributed by atoms with E-state index in [1.54, 1.807) is 24.3 Å². The molecule has 3 aromatic carbocycles. The molecule has 1 atom stereocenters. The molecule has 0 saturated carbocycles. The van der Waals surface area contributed by atoms with Crippen molar-refractivity contribution in [2.24, 2.45) is 20.0 Å². The van der Waals surface area contributed by atoms with Crippen molar-refractivity contribution in [3.8, 4) is 0 Å². The Kier molecular flexibility index (Phi) is 3.93. The van der Waals surface area contributed by atoms with Gasteiger partial charge in [0, 0.05) is 27.8 Å². The second-order valence-corrected chi connectivity index (χ2v) is 8.47. The van der Waals surface area contributed by atoms with Crippen molar-refractivity contribution in [1.82, 2.24) is 4.98 Å². The van der Waals surface area contributed by atoms with Crippen molar-refractivity contribution in [3.05, 3.63) is 94.8 Å². The van der Waals surface area contributed by atoms with Crippen LogP contribution in [-0.2, 0) is 16.6 Å². The van der Waals surface area contributed by atoms with Crippen LogP contribution < -0.4 is 21.1 Å². The summed E-state index contributed by atoms with van der Waals surface area (Å²) in [6.45, 7) is 0. The highest BCUT2D eigenvalue weighted by Gasteiger charge is 2.60. The van der Waals surface area contributed by atoms with Crippen LogP contribution in [-0.4, -0.2) is 22.8 Å². The molecule has 4 heterocycles. The van der Waals surface area contributed by atoms with E-state index in [1.165, 1.54) is 17.0 Å². The SMILES string of the molecule is O=C1Nc2ccccc2C12N=C(N=C1N=c3[nH]c4ccccc4c3=N1)N2c1cccc(C(F)(F)F)c1. The second-order valence-electron chi connectivity index (χ2n) is 8.47. The van der Waals surface area contributed by atoms with Crippen molar-refractivity contribution in [1.29, 1.82) is 0 Å². The molecule has 0 saturated heterocycles. The fraction of sp³-hybridized carbons (Fsp3) is 0.0800. The maximum absolute atomic E-state index is 13.5. The highest BCUT2D eigenvalue weighted by atomic mass is 19.4. The number of aliphatic imine (C=N–C) groups is 2. The van der Waals surface area contributed by atoms with E-state index >= 15 is 0 Å². The number of rotatable bonds is 1. The Morgan fingerprint density at radius 1 is 0.944 bits per heavy atom. The van der Waals surface area contributed by atoms with Crippen LogP contribution in [0, 0.1) is 0 Å². The maximum atomic E-state index is 13.5. The van der Waals surface area contributed by atoms with Crippen LogP contribution in [0.1, 0.15) is 11.1 Å². The van der Waals surface area contributed by atoms with Gasteiger partial charge < -0.3 is 10.3 Å². The lowest BCUT2D eigenvalue weighted by atomic mass is 9.95. The van der Waals surface area contributed by atoms with Gasteiger partial charge in [0.05, 0.1) is 5.56 Å². The number of amides is 1. The highest BCUT2D eigenvalue weighted by molar-refractivity contribution is 6.21. The van der Waals surface area contributed by atoms with Crippen LogP contribution in [0.4, 0.5) is 24.5 Å². The number of H-pyrrole nitrogens is 1. The normalized spacial score (nSPS) is 21.1. The number of alkyl halides is 3. The molecule has 2 N–H and O–H groups in total. The van der Waals surface area contributed by atoms with E-state index in [1.807, 2.05) is 24.3 Å². The molecule has 1 amide bonds. The number of benzene rings is 3. The number of anilines is 2. The first-order valence-electron chi connectivity index (χ1n) is 11.0. The monoisotopic (exact) mass is 485 g/mol. The summed E-state index contributed by atoms with van der Waals surface area (Å²) in [4.78, 5) is 35.6. The lowest BCUT2D eigenvalue weighted by molar-refractivity contribution is -0.137. The van der Waals surface area contributed by atoms with Gasteiger partial charge in [-0.3, -0.25) is 9.69 Å². The van der Waals surface area contributed by atoms with Gasteiger partial charge in [0.2, 0.25) is 11.6 Å². The average Bonchev–Trinajstić information content (AvgIpc) is 3.48. The number of guanidine groups is 2. The Morgan fingerprint density at radius 3 is 2.61 bits per heavy atom. The van der Waals surface area contributed by atoms with Gasteiger partial charge in [0.1, 0.15) is 5.36 Å². The number of fused-ring (bicyclic) bond motifs is 5. The van der Waals surface area contributed by atoms with E-state index in [-0.39, 0.29) is 17.6 Å². The smallest absolute Gasteiger partial charge is 0.338 e. The zero-order valence-electron chi connectivity index (χ0n) is 18.2. The first kappa shape index (κ1) is 20.6. The van der Waals surface area contributed by atoms with Crippen molar-refractivity contribution in [2.75, 3.05) is 10.2 Å². The Balaban J connectivity index is 1.39. The number of nitrogens with one attached hydrogen (secondary N) is 2. The molecule has 36 heavy (non-hydrogen) atoms. The van der Waals surface area contributed by atoms with Crippen molar-refractivity contribution >= 4 is 40.1 Å². The number of hydrogen-bond acceptors (Lipinski definition) is 4. The lowest BCUT2D eigenvalue weighted by Crippen LogP contribution is -2.61. The first-order chi connectivity index (χ1) is 17.3. The van der Waals surface area contributed by atoms with E-state index in [2.05, 4.69) is 30.3 Å². The van der Waals surface area contributed by atoms with Gasteiger partial charge in [0.25, 0.3) is 11.9 Å². The molecular weight excluding hydrogens is 471 g/mol. The molecule has 0 aliphatic carbocycles. The standard InChI is InChI=1S/C25H14F3N7O/c26-25(27,28)13-6-5-7-14(12-13)35-23(34-24(35)16-9-2-4-11-18(16)30-21(24)36)33-22-31-19-15-8-1-3-10-17(15)29-20(19)32-22/h1-12H,(H,30,36)(H,29,31,32,33,34). The molecule has 3 aliphatic heterocycles. The first-order valence-corrected chi connectivity index (χ1v) is 11.0. The van der Waals surface area contributed by atoms with Crippen LogP contribution >= 0.6 is 0 Å². The van der Waals surface area contributed by atoms with E-state index in [4.69, 9.17) is 0 Å². The third kappa shape index (κ3) is 2.73. The average molecular weight is 485 g/mol. The fourth-order valence-electron chi connectivity index (χ4n) is 4.78. The topological polar surface area (TPSA) is 97.6 Å². The van der Waals surface area contributed by atoms with Crippen LogP contribution in [0.25, 0.3) is 10.9 Å². The molecule has 7 rings (SSSR count). The molecule has 1 spiro atoms. The van der Waals surface area contributed by atoms with Gasteiger partial charge in [-0.05, 0) is 30.3 Å². The fourth-order valence-corrected chi connectivity index (χ4v) is 4.78. The molecule has 1 unspecified atom stereocenters. The minimum atomic E-state index is -4.56. The summed E-state index contributed by atoms with van der Waals surface area (Å²) in [5.41, 5.74) is 0.141. The van der Waals surface area contributed by atoms with Gasteiger partial charge in [-0.2, -0.15) is 23.2 Å². The molecule has 4 aromatic rings. The molecule has 0 fully saturated rings. The van der Waals surface area contributed by atoms with E-state index in [9.17, 15) is 18.0 Å². The van der Waals surface area contributed by atoms with E-state index < -0.39 is 23.3 Å². The van der Waals surface area contributed by atoms with Gasteiger partial charge in [-0.15, -0.1) is 0 Å². The molecule has 0 bridgehead atoms. The quantitative estimate of drug-likeness (QED) is 0.432. The van der Waals surface area contributed by atoms with Crippen molar-refractivity contribution in [3.63, 3.8) is 0 Å². The van der Waals surface area contributed by atoms with Crippen LogP contribution in [0.2, 0.25) is 0 Å². The summed E-state index contributed by atoms with van der Waals surface area (Å²) in [5, 5.41) is 4.26. The zero-order valence-corrected chi connectivity index (χ0v) is 18.2. The van der Waals surface area contributed by atoms with Gasteiger partial charge in [-0.25, -0.2) is 9.98 Å². The molecule has 0 radical (unpaired) electrons. The number of aromatic nitrogens is 1. The molecule has 3 aliphatic rings. The minimum absolute atomic E-state index is 0.0261. The van der Waals surface area contributed by atoms with Crippen molar-refractivity contribution < 1.29 is 18.0 Å². The molecular formula is C25H14F3N7O. The number of para-hydroxylation sites is 2. The van der Waals surface area contributed by atoms with Gasteiger partial charge >= 0.3 is 6.18 Å². The molecule has 8 nitrogen and oxygen atoms in total. The van der Waals surface area contributed by atoms with E-state index in [0.29, 0.717) is 22.1 Å². The molecule has 176 valence electrons. The Bertz CT molecular complexity index is 1800. The summed E-state index contributed by atoms with van der Waals surface area (Å²) in [5.74, 6) is -0.376. The molecule has 1 aromatic heterocycles. The molecule has 11 heteroatoms. The summed E-state index contributed by atoms with van der Waals surface area (Å²) >= 11 is 0. The van der Waals surface area contributed by atoms with E-state index in [0.717, 1.165) is 23.0 Å². The number of halogens is 3. The number of carbonyl (C=O) groups excluding carboxylic acids is 1. The Hall–Kier alpha value is -4.80. The third-order valence-electron chi connectivity index (χ3n) is 6.37. The predicted octanol–water partition coefficient (Wildman–Crippen LogP) is 3.48. The summed E-state index contributed by atoms with van der Waals surface area (Å²) in [7, 11) is 0. The number of nitrogens with zero attached hydrogens (tertiary/aromatic N) is 5. The van der Waals surface area contributed by atoms with Gasteiger partial charge in [-0.1, -0.05) is 42.5 Å². The zero-order chi connectivity index (χ0) is 24.7. The summed E-state index contributed by atoms with van der Waals surface area (Å²) in [6, 6.07) is 19.2. The second kappa shape index (κ2) is 6.87. The summed E-state index contributed by atoms with van der Waals surface area (Å²) in [6.07, 6.45) is -4.56. The number of carbonyl (C=O) groups is 1. The largest absolute Gasteiger partial charge is 0.416 e. The Labute approximate surface area is 200 Å². The summed E-state index contributed by atoms with van der Waals surface area (Å²) < 4.78 is 40.6. The lowest BCUT2D eigenvalue weighted by Gasteiger charge is -2.44. The van der Waals surface area contributed by atoms with Crippen LogP contribution in [0.5, 0.6) is 0 Å². The maximum Gasteiger partial charge on any atom is 0.416 e. The predicted molar refractivity (Wildman–Crippen MR) is 126 cm³/mol. The number of aromatic amines is 1. The Morgan fingerprint density at radius 2 is 1.75 bits per heavy atom. The van der Waals surface area contributed by atoms with Crippen LogP contribution in [0.3, 0.4) is 0 Å². The minimum Gasteiger partial charge on any atom is -0.338 e. The third-order valence-corrected chi connectivity index (χ3v) is 6.37.